The molecule has 272 valence electrons. The first-order chi connectivity index (χ1) is 22.0. The quantitative estimate of drug-likeness (QED) is 0.127. The molecule has 0 amide bonds. The van der Waals surface area contributed by atoms with Crippen LogP contribution in [0, 0.1) is 0 Å². The molecule has 2 atom stereocenters. The van der Waals surface area contributed by atoms with Crippen LogP contribution in [0.15, 0.2) is 60.7 Å². The number of para-hydroxylation sites is 2. The van der Waals surface area contributed by atoms with Gasteiger partial charge in [-0.2, -0.15) is 0 Å². The predicted molar refractivity (Wildman–Crippen MR) is 194 cm³/mol. The van der Waals surface area contributed by atoms with Crippen LogP contribution >= 0.6 is 0 Å². The highest BCUT2D eigenvalue weighted by atomic mass is 28.4. The normalized spacial score (nSPS) is 13.0. The van der Waals surface area contributed by atoms with E-state index in [1.54, 1.807) is 0 Å². The molecule has 48 heavy (non-hydrogen) atoms. The van der Waals surface area contributed by atoms with Gasteiger partial charge >= 0.3 is 17.9 Å². The highest BCUT2D eigenvalue weighted by Gasteiger charge is 2.38. The lowest BCUT2D eigenvalue weighted by Gasteiger charge is -2.37. The van der Waals surface area contributed by atoms with Crippen molar-refractivity contribution in [1.82, 2.24) is 0 Å². The monoisotopic (exact) mass is 708 g/mol. The lowest BCUT2D eigenvalue weighted by atomic mass is 10.2. The topological polar surface area (TPSA) is 127 Å². The highest BCUT2D eigenvalue weighted by Crippen LogP contribution is 2.37. The number of benzene rings is 2. The lowest BCUT2D eigenvalue weighted by molar-refractivity contribution is -0.156. The molecule has 0 heterocycles. The van der Waals surface area contributed by atoms with E-state index in [1.165, 1.54) is 20.8 Å². The van der Waals surface area contributed by atoms with E-state index in [0.29, 0.717) is 13.2 Å². The third kappa shape index (κ3) is 20.4. The SMILES string of the molecule is CC(=O)OC(C)=O.CC(=O)OC(COc1ccccc1)CO[Si](C)(C)C(C)(C)C.CC(C)(C)[Si](C)(C)OCC(O)COc1ccccc1. The smallest absolute Gasteiger partial charge is 0.310 e. The second kappa shape index (κ2) is 21.1. The van der Waals surface area contributed by atoms with E-state index < -0.39 is 40.8 Å². The number of ether oxygens (including phenoxy) is 4. The summed E-state index contributed by atoms with van der Waals surface area (Å²) in [5.41, 5.74) is 0. The number of carbonyl (C=O) groups is 3. The highest BCUT2D eigenvalue weighted by molar-refractivity contribution is 6.74. The summed E-state index contributed by atoms with van der Waals surface area (Å²) in [5.74, 6) is 0.0846. The Bertz CT molecular complexity index is 1190. The average Bonchev–Trinajstić information content (AvgIpc) is 2.96. The molecule has 2 rings (SSSR count). The Morgan fingerprint density at radius 3 is 1.31 bits per heavy atom. The van der Waals surface area contributed by atoms with Gasteiger partial charge in [-0.1, -0.05) is 77.9 Å². The molecule has 0 saturated carbocycles. The van der Waals surface area contributed by atoms with Crippen LogP contribution in [0.4, 0.5) is 0 Å². The summed E-state index contributed by atoms with van der Waals surface area (Å²) in [5, 5.41) is 10.2. The molecule has 0 radical (unpaired) electrons. The molecule has 0 fully saturated rings. The molecule has 0 saturated heterocycles. The maximum Gasteiger partial charge on any atom is 0.310 e. The average molecular weight is 709 g/mol. The Morgan fingerprint density at radius 2 is 0.979 bits per heavy atom. The standard InChI is InChI=1S/C17H28O4Si.C15H26O3Si.C4H6O3/c1-14(18)21-16(12-19-15-10-8-7-9-11-15)13-20-22(5,6)17(2,3)4;1-15(2,3)19(4,5)18-12-13(16)11-17-14-9-7-6-8-10-14;1-3(5)7-4(2)6/h7-11,16H,12-13H2,1-6H3;6-10,13,16H,11-12H2,1-5H3;1-2H3. The van der Waals surface area contributed by atoms with Crippen LogP contribution in [-0.2, 0) is 32.7 Å². The molecular weight excluding hydrogens is 649 g/mol. The number of esters is 3. The number of hydrogen-bond acceptors (Lipinski definition) is 10. The van der Waals surface area contributed by atoms with Gasteiger partial charge in [-0.05, 0) is 60.5 Å². The molecule has 0 aliphatic carbocycles. The first kappa shape index (κ1) is 45.0. The van der Waals surface area contributed by atoms with Crippen molar-refractivity contribution >= 4 is 34.5 Å². The number of hydrogen-bond donors (Lipinski definition) is 1. The molecule has 2 aromatic carbocycles. The number of carbonyl (C=O) groups excluding carboxylic acids is 3. The zero-order chi connectivity index (χ0) is 37.2. The van der Waals surface area contributed by atoms with E-state index in [1.807, 2.05) is 60.7 Å². The Kier molecular flexibility index (Phi) is 19.8. The predicted octanol–water partition coefficient (Wildman–Crippen LogP) is 7.56. The maximum absolute atomic E-state index is 11.3. The van der Waals surface area contributed by atoms with Gasteiger partial charge in [0.25, 0.3) is 0 Å². The molecule has 0 aromatic heterocycles. The third-order valence-electron chi connectivity index (χ3n) is 7.86. The van der Waals surface area contributed by atoms with Crippen LogP contribution in [0.3, 0.4) is 0 Å². The van der Waals surface area contributed by atoms with Crippen molar-refractivity contribution in [2.45, 2.75) is 111 Å². The van der Waals surface area contributed by atoms with Gasteiger partial charge in [0.1, 0.15) is 30.8 Å². The number of rotatable bonds is 13. The minimum Gasteiger partial charge on any atom is -0.491 e. The fraction of sp³-hybridized carbons (Fsp3) is 0.583. The summed E-state index contributed by atoms with van der Waals surface area (Å²) in [6, 6.07) is 19.0. The molecule has 2 aromatic rings. The van der Waals surface area contributed by atoms with Crippen LogP contribution in [0.2, 0.25) is 36.3 Å². The molecular formula is C36H60O10Si2. The second-order valence-electron chi connectivity index (χ2n) is 14.4. The third-order valence-corrected chi connectivity index (χ3v) is 16.9. The van der Waals surface area contributed by atoms with E-state index in [2.05, 4.69) is 72.5 Å². The van der Waals surface area contributed by atoms with Crippen molar-refractivity contribution in [3.05, 3.63) is 60.7 Å². The van der Waals surface area contributed by atoms with Gasteiger partial charge in [0.2, 0.25) is 0 Å². The van der Waals surface area contributed by atoms with Crippen molar-refractivity contribution in [2.24, 2.45) is 0 Å². The van der Waals surface area contributed by atoms with E-state index in [9.17, 15) is 19.5 Å². The molecule has 0 spiro atoms. The van der Waals surface area contributed by atoms with Gasteiger partial charge in [-0.25, -0.2) is 0 Å². The number of aliphatic hydroxyl groups is 1. The molecule has 1 N–H and O–H groups in total. The zero-order valence-corrected chi connectivity index (χ0v) is 33.4. The van der Waals surface area contributed by atoms with Gasteiger partial charge < -0.3 is 32.9 Å². The maximum atomic E-state index is 11.3. The summed E-state index contributed by atoms with van der Waals surface area (Å²) in [7, 11) is -3.67. The fourth-order valence-electron chi connectivity index (χ4n) is 3.06. The van der Waals surface area contributed by atoms with Gasteiger partial charge in [0.15, 0.2) is 22.7 Å². The zero-order valence-electron chi connectivity index (χ0n) is 31.4. The van der Waals surface area contributed by atoms with Crippen LogP contribution in [-0.4, -0.2) is 78.3 Å². The molecule has 0 aliphatic heterocycles. The molecule has 12 heteroatoms. The summed E-state index contributed by atoms with van der Waals surface area (Å²) in [6.45, 7) is 26.8. The van der Waals surface area contributed by atoms with Crippen molar-refractivity contribution in [2.75, 3.05) is 26.4 Å². The molecule has 10 nitrogen and oxygen atoms in total. The first-order valence-corrected chi connectivity index (χ1v) is 22.0. The van der Waals surface area contributed by atoms with E-state index in [4.69, 9.17) is 23.1 Å². The van der Waals surface area contributed by atoms with Crippen LogP contribution < -0.4 is 9.47 Å². The summed E-state index contributed by atoms with van der Waals surface area (Å²) in [4.78, 5) is 30.9. The van der Waals surface area contributed by atoms with Crippen LogP contribution in [0.1, 0.15) is 62.3 Å². The lowest BCUT2D eigenvalue weighted by Crippen LogP contribution is -2.44. The molecule has 0 aliphatic rings. The van der Waals surface area contributed by atoms with E-state index in [0.717, 1.165) is 11.5 Å². The van der Waals surface area contributed by atoms with E-state index >= 15 is 0 Å². The summed E-state index contributed by atoms with van der Waals surface area (Å²) < 4.78 is 32.5. The van der Waals surface area contributed by atoms with E-state index in [-0.39, 0.29) is 29.3 Å². The summed E-state index contributed by atoms with van der Waals surface area (Å²) >= 11 is 0. The first-order valence-electron chi connectivity index (χ1n) is 16.1. The minimum absolute atomic E-state index is 0.119. The Labute approximate surface area is 290 Å². The molecule has 2 unspecified atom stereocenters. The number of aliphatic hydroxyl groups excluding tert-OH is 1. The van der Waals surface area contributed by atoms with Crippen molar-refractivity contribution in [3.8, 4) is 11.5 Å². The van der Waals surface area contributed by atoms with Crippen LogP contribution in [0.25, 0.3) is 0 Å². The van der Waals surface area contributed by atoms with Gasteiger partial charge in [-0.15, -0.1) is 0 Å². The van der Waals surface area contributed by atoms with Crippen LogP contribution in [0.5, 0.6) is 11.5 Å². The Hall–Kier alpha value is -3.04. The van der Waals surface area contributed by atoms with Gasteiger partial charge in [0.05, 0.1) is 13.2 Å². The summed E-state index contributed by atoms with van der Waals surface area (Å²) in [6.07, 6.45) is -0.985. The largest absolute Gasteiger partial charge is 0.491 e. The van der Waals surface area contributed by atoms with Crippen molar-refractivity contribution in [3.63, 3.8) is 0 Å². The minimum atomic E-state index is -1.87. The van der Waals surface area contributed by atoms with Gasteiger partial charge in [0, 0.05) is 20.8 Å². The second-order valence-corrected chi connectivity index (χ2v) is 24.0. The molecule has 0 bridgehead atoms. The Balaban J connectivity index is 0.000000774. The van der Waals surface area contributed by atoms with Crippen molar-refractivity contribution in [1.29, 1.82) is 0 Å². The van der Waals surface area contributed by atoms with Crippen molar-refractivity contribution < 1.29 is 47.3 Å². The fourth-order valence-corrected chi connectivity index (χ4v) is 5.13. The van der Waals surface area contributed by atoms with Gasteiger partial charge in [-0.3, -0.25) is 14.4 Å². The Morgan fingerprint density at radius 1 is 0.604 bits per heavy atom.